The molecule has 7 heteroatoms. The van der Waals surface area contributed by atoms with Crippen molar-refractivity contribution < 1.29 is 9.90 Å². The van der Waals surface area contributed by atoms with E-state index in [9.17, 15) is 9.90 Å². The van der Waals surface area contributed by atoms with E-state index in [1.807, 2.05) is 18.2 Å². The number of hydrogen-bond acceptors (Lipinski definition) is 3. The summed E-state index contributed by atoms with van der Waals surface area (Å²) in [6.45, 7) is 0. The monoisotopic (exact) mass is 419 g/mol. The van der Waals surface area contributed by atoms with Crippen LogP contribution in [0.5, 0.6) is 0 Å². The number of nitrogens with zero attached hydrogens (tertiary/aromatic N) is 2. The maximum absolute atomic E-state index is 13.1. The summed E-state index contributed by atoms with van der Waals surface area (Å²) in [5.74, 6) is 1.03. The standard InChI is InChI=1S/C21H23Cl2N3O2/c1-26-19(14-4-2-3-5-15(14)22)16(23)18(25-26)20(27)24-17-12-6-11-7-13(17)10-21(28,8-11)9-12/h2-5,11-13,17,28H,6-10H2,1H3,(H,24,27). The number of nitrogens with one attached hydrogen (secondary N) is 1. The normalized spacial score (nSPS) is 33.3. The third-order valence-electron chi connectivity index (χ3n) is 6.87. The zero-order valence-corrected chi connectivity index (χ0v) is 17.2. The molecule has 4 bridgehead atoms. The van der Waals surface area contributed by atoms with Crippen molar-refractivity contribution in [3.8, 4) is 11.3 Å². The van der Waals surface area contributed by atoms with E-state index in [1.54, 1.807) is 17.8 Å². The Balaban J connectivity index is 1.41. The lowest BCUT2D eigenvalue weighted by Gasteiger charge is -2.58. The zero-order chi connectivity index (χ0) is 19.6. The minimum Gasteiger partial charge on any atom is -0.390 e. The topological polar surface area (TPSA) is 67.2 Å². The molecule has 4 saturated carbocycles. The molecular weight excluding hydrogens is 397 g/mol. The van der Waals surface area contributed by atoms with Gasteiger partial charge in [0.25, 0.3) is 5.91 Å². The summed E-state index contributed by atoms with van der Waals surface area (Å²) < 4.78 is 1.61. The number of carbonyl (C=O) groups excluding carboxylic acids is 1. The second-order valence-corrected chi connectivity index (χ2v) is 9.59. The first-order chi connectivity index (χ1) is 13.3. The molecule has 28 heavy (non-hydrogen) atoms. The van der Waals surface area contributed by atoms with Crippen molar-refractivity contribution in [3.05, 3.63) is 40.0 Å². The predicted octanol–water partition coefficient (Wildman–Crippen LogP) is 4.06. The minimum atomic E-state index is -0.516. The molecule has 0 saturated heterocycles. The lowest BCUT2D eigenvalue weighted by atomic mass is 9.52. The quantitative estimate of drug-likeness (QED) is 0.787. The molecule has 1 amide bonds. The molecular formula is C21H23Cl2N3O2. The second-order valence-electron chi connectivity index (χ2n) is 8.81. The summed E-state index contributed by atoms with van der Waals surface area (Å²) >= 11 is 12.9. The highest BCUT2D eigenvalue weighted by molar-refractivity contribution is 6.38. The smallest absolute Gasteiger partial charge is 0.273 e. The highest BCUT2D eigenvalue weighted by Gasteiger charge is 2.55. The highest BCUT2D eigenvalue weighted by Crippen LogP contribution is 2.55. The van der Waals surface area contributed by atoms with Gasteiger partial charge in [-0.25, -0.2) is 0 Å². The van der Waals surface area contributed by atoms with Crippen LogP contribution in [0.1, 0.15) is 42.6 Å². The first kappa shape index (κ1) is 18.5. The van der Waals surface area contributed by atoms with Gasteiger partial charge < -0.3 is 10.4 Å². The predicted molar refractivity (Wildman–Crippen MR) is 108 cm³/mol. The van der Waals surface area contributed by atoms with Gasteiger partial charge in [-0.05, 0) is 55.9 Å². The first-order valence-electron chi connectivity index (χ1n) is 9.85. The van der Waals surface area contributed by atoms with Crippen LogP contribution in [-0.2, 0) is 7.05 Å². The molecule has 0 radical (unpaired) electrons. The van der Waals surface area contributed by atoms with Crippen molar-refractivity contribution >= 4 is 29.1 Å². The van der Waals surface area contributed by atoms with Crippen molar-refractivity contribution in [2.75, 3.05) is 0 Å². The average Bonchev–Trinajstić information content (AvgIpc) is 2.92. The number of carbonyl (C=O) groups is 1. The van der Waals surface area contributed by atoms with Crippen molar-refractivity contribution in [1.29, 1.82) is 0 Å². The molecule has 2 N–H and O–H groups in total. The molecule has 6 rings (SSSR count). The summed E-state index contributed by atoms with van der Waals surface area (Å²) in [6, 6.07) is 7.48. The lowest BCUT2D eigenvalue weighted by Crippen LogP contribution is -2.61. The molecule has 1 aromatic carbocycles. The lowest BCUT2D eigenvalue weighted by molar-refractivity contribution is -0.136. The van der Waals surface area contributed by atoms with Crippen LogP contribution in [0.15, 0.2) is 24.3 Å². The van der Waals surface area contributed by atoms with E-state index < -0.39 is 5.60 Å². The molecule has 1 aromatic heterocycles. The highest BCUT2D eigenvalue weighted by atomic mass is 35.5. The van der Waals surface area contributed by atoms with Gasteiger partial charge >= 0.3 is 0 Å². The number of benzene rings is 1. The Morgan fingerprint density at radius 3 is 2.54 bits per heavy atom. The van der Waals surface area contributed by atoms with Crippen molar-refractivity contribution in [2.24, 2.45) is 24.8 Å². The van der Waals surface area contributed by atoms with Crippen LogP contribution < -0.4 is 5.32 Å². The van der Waals surface area contributed by atoms with Crippen LogP contribution in [0, 0.1) is 17.8 Å². The van der Waals surface area contributed by atoms with E-state index >= 15 is 0 Å². The van der Waals surface area contributed by atoms with Gasteiger partial charge in [0, 0.05) is 23.7 Å². The molecule has 0 spiro atoms. The van der Waals surface area contributed by atoms with Gasteiger partial charge in [-0.2, -0.15) is 5.10 Å². The number of amides is 1. The van der Waals surface area contributed by atoms with Gasteiger partial charge in [-0.3, -0.25) is 9.48 Å². The number of aliphatic hydroxyl groups is 1. The van der Waals surface area contributed by atoms with Crippen molar-refractivity contribution in [1.82, 2.24) is 15.1 Å². The molecule has 148 valence electrons. The fraction of sp³-hybridized carbons (Fsp3) is 0.524. The Hall–Kier alpha value is -1.56. The Bertz CT molecular complexity index is 941. The summed E-state index contributed by atoms with van der Waals surface area (Å²) in [7, 11) is 1.76. The molecule has 1 heterocycles. The molecule has 4 fully saturated rings. The van der Waals surface area contributed by atoms with Gasteiger partial charge in [0.05, 0.1) is 16.3 Å². The van der Waals surface area contributed by atoms with Crippen LogP contribution in [0.3, 0.4) is 0 Å². The minimum absolute atomic E-state index is 0.0890. The maximum Gasteiger partial charge on any atom is 0.273 e. The maximum atomic E-state index is 13.1. The number of hydrogen-bond donors (Lipinski definition) is 2. The number of rotatable bonds is 3. The van der Waals surface area contributed by atoms with Gasteiger partial charge in [-0.15, -0.1) is 0 Å². The van der Waals surface area contributed by atoms with E-state index in [0.29, 0.717) is 33.5 Å². The first-order valence-corrected chi connectivity index (χ1v) is 10.6. The molecule has 4 aliphatic rings. The summed E-state index contributed by atoms with van der Waals surface area (Å²) in [6.07, 6.45) is 4.67. The summed E-state index contributed by atoms with van der Waals surface area (Å²) in [4.78, 5) is 13.1. The van der Waals surface area contributed by atoms with Crippen molar-refractivity contribution in [3.63, 3.8) is 0 Å². The molecule has 2 unspecified atom stereocenters. The van der Waals surface area contributed by atoms with Gasteiger partial charge in [0.1, 0.15) is 0 Å². The summed E-state index contributed by atoms with van der Waals surface area (Å²) in [5, 5.41) is 19.2. The largest absolute Gasteiger partial charge is 0.390 e. The Kier molecular flexibility index (Phi) is 4.27. The molecule has 2 aromatic rings. The van der Waals surface area contributed by atoms with Gasteiger partial charge in [0.2, 0.25) is 0 Å². The van der Waals surface area contributed by atoms with E-state index in [1.165, 1.54) is 0 Å². The second kappa shape index (κ2) is 6.48. The fourth-order valence-electron chi connectivity index (χ4n) is 6.03. The third-order valence-corrected chi connectivity index (χ3v) is 7.56. The van der Waals surface area contributed by atoms with Gasteiger partial charge in [0.15, 0.2) is 5.69 Å². The van der Waals surface area contributed by atoms with Crippen LogP contribution in [0.2, 0.25) is 10.0 Å². The van der Waals surface area contributed by atoms with Crippen LogP contribution in [-0.4, -0.2) is 32.4 Å². The molecule has 2 atom stereocenters. The average molecular weight is 420 g/mol. The Labute approximate surface area is 174 Å². The number of aryl methyl sites for hydroxylation is 1. The molecule has 0 aliphatic heterocycles. The molecule has 5 nitrogen and oxygen atoms in total. The van der Waals surface area contributed by atoms with Crippen LogP contribution in [0.25, 0.3) is 11.3 Å². The Morgan fingerprint density at radius 2 is 1.89 bits per heavy atom. The third kappa shape index (κ3) is 2.87. The molecule has 4 aliphatic carbocycles. The number of aromatic nitrogens is 2. The van der Waals surface area contributed by atoms with Gasteiger partial charge in [-0.1, -0.05) is 41.4 Å². The van der Waals surface area contributed by atoms with E-state index in [0.717, 1.165) is 37.7 Å². The van der Waals surface area contributed by atoms with Crippen LogP contribution >= 0.6 is 23.2 Å². The SMILES string of the molecule is Cn1nc(C(=O)NC2C3CC4CC2CC(O)(C4)C3)c(Cl)c1-c1ccccc1Cl. The fourth-order valence-corrected chi connectivity index (χ4v) is 6.60. The van der Waals surface area contributed by atoms with E-state index in [-0.39, 0.29) is 17.6 Å². The summed E-state index contributed by atoms with van der Waals surface area (Å²) in [5.41, 5.74) is 1.10. The number of halogens is 2. The van der Waals surface area contributed by atoms with Crippen molar-refractivity contribution in [2.45, 2.75) is 43.7 Å². The Morgan fingerprint density at radius 1 is 1.21 bits per heavy atom. The van der Waals surface area contributed by atoms with Crippen LogP contribution in [0.4, 0.5) is 0 Å². The van der Waals surface area contributed by atoms with E-state index in [2.05, 4.69) is 10.4 Å². The zero-order valence-electron chi connectivity index (χ0n) is 15.7. The van der Waals surface area contributed by atoms with E-state index in [4.69, 9.17) is 23.2 Å².